The van der Waals surface area contributed by atoms with Crippen LogP contribution in [0.4, 0.5) is 5.69 Å². The summed E-state index contributed by atoms with van der Waals surface area (Å²) in [6, 6.07) is 20.6. The molecule has 214 valence electrons. The van der Waals surface area contributed by atoms with E-state index in [-0.39, 0.29) is 23.4 Å². The maximum absolute atomic E-state index is 14.2. The van der Waals surface area contributed by atoms with Crippen molar-refractivity contribution >= 4 is 27.5 Å². The molecule has 3 rings (SSSR count). The SMILES string of the molecule is CCC(C)NC(=O)C(CC)N(Cc1ccccc1)C(=O)CN(c1cccc(C)c1C)S(=O)(=O)c1ccc(C)cc1. The summed E-state index contributed by atoms with van der Waals surface area (Å²) in [6.07, 6.45) is 1.14. The number of nitrogens with zero attached hydrogens (tertiary/aromatic N) is 2. The fraction of sp³-hybridized carbons (Fsp3) is 0.375. The van der Waals surface area contributed by atoms with E-state index in [1.807, 2.05) is 77.9 Å². The van der Waals surface area contributed by atoms with Crippen molar-refractivity contribution in [1.29, 1.82) is 0 Å². The fourth-order valence-corrected chi connectivity index (χ4v) is 5.97. The third kappa shape index (κ3) is 7.30. The van der Waals surface area contributed by atoms with E-state index >= 15 is 0 Å². The highest BCUT2D eigenvalue weighted by Gasteiger charge is 2.34. The van der Waals surface area contributed by atoms with Gasteiger partial charge in [0.2, 0.25) is 11.8 Å². The van der Waals surface area contributed by atoms with Crippen LogP contribution in [-0.4, -0.2) is 43.8 Å². The molecule has 0 aliphatic rings. The Morgan fingerprint density at radius 3 is 2.10 bits per heavy atom. The largest absolute Gasteiger partial charge is 0.352 e. The monoisotopic (exact) mass is 563 g/mol. The number of carbonyl (C=O) groups excluding carboxylic acids is 2. The summed E-state index contributed by atoms with van der Waals surface area (Å²) < 4.78 is 29.3. The van der Waals surface area contributed by atoms with Crippen LogP contribution in [0.5, 0.6) is 0 Å². The summed E-state index contributed by atoms with van der Waals surface area (Å²) in [5.41, 5.74) is 3.90. The van der Waals surface area contributed by atoms with Gasteiger partial charge in [-0.05, 0) is 75.4 Å². The molecule has 0 heterocycles. The Morgan fingerprint density at radius 2 is 1.50 bits per heavy atom. The van der Waals surface area contributed by atoms with Gasteiger partial charge < -0.3 is 10.2 Å². The normalized spacial score (nSPS) is 12.8. The number of hydrogen-bond donors (Lipinski definition) is 1. The zero-order chi connectivity index (χ0) is 29.4. The van der Waals surface area contributed by atoms with Crippen molar-refractivity contribution in [3.63, 3.8) is 0 Å². The Bertz CT molecular complexity index is 1410. The van der Waals surface area contributed by atoms with Crippen molar-refractivity contribution < 1.29 is 18.0 Å². The average molecular weight is 564 g/mol. The second-order valence-corrected chi connectivity index (χ2v) is 12.2. The number of amides is 2. The van der Waals surface area contributed by atoms with Crippen LogP contribution in [0.2, 0.25) is 0 Å². The molecule has 2 unspecified atom stereocenters. The number of rotatable bonds is 12. The maximum Gasteiger partial charge on any atom is 0.264 e. The topological polar surface area (TPSA) is 86.8 Å². The first kappa shape index (κ1) is 30.9. The first-order valence-corrected chi connectivity index (χ1v) is 15.2. The lowest BCUT2D eigenvalue weighted by molar-refractivity contribution is -0.140. The molecule has 8 heteroatoms. The third-order valence-electron chi connectivity index (χ3n) is 7.32. The van der Waals surface area contributed by atoms with Crippen molar-refractivity contribution in [2.75, 3.05) is 10.8 Å². The van der Waals surface area contributed by atoms with Gasteiger partial charge in [0.25, 0.3) is 10.0 Å². The Balaban J connectivity index is 2.09. The van der Waals surface area contributed by atoms with E-state index in [2.05, 4.69) is 5.32 Å². The Labute approximate surface area is 239 Å². The lowest BCUT2D eigenvalue weighted by atomic mass is 10.1. The van der Waals surface area contributed by atoms with E-state index in [1.165, 1.54) is 9.21 Å². The lowest BCUT2D eigenvalue weighted by Crippen LogP contribution is -2.53. The van der Waals surface area contributed by atoms with Gasteiger partial charge in [0, 0.05) is 12.6 Å². The molecular weight excluding hydrogens is 522 g/mol. The molecule has 3 aromatic carbocycles. The molecule has 3 aromatic rings. The minimum atomic E-state index is -4.10. The van der Waals surface area contributed by atoms with E-state index < -0.39 is 28.5 Å². The van der Waals surface area contributed by atoms with Crippen LogP contribution >= 0.6 is 0 Å². The van der Waals surface area contributed by atoms with Crippen LogP contribution in [0, 0.1) is 20.8 Å². The predicted octanol–water partition coefficient (Wildman–Crippen LogP) is 5.53. The number of nitrogens with one attached hydrogen (secondary N) is 1. The van der Waals surface area contributed by atoms with Gasteiger partial charge >= 0.3 is 0 Å². The van der Waals surface area contributed by atoms with Gasteiger partial charge in [-0.1, -0.05) is 74.0 Å². The van der Waals surface area contributed by atoms with Crippen LogP contribution < -0.4 is 9.62 Å². The molecular formula is C32H41N3O4S. The van der Waals surface area contributed by atoms with E-state index in [4.69, 9.17) is 0 Å². The smallest absolute Gasteiger partial charge is 0.264 e. The molecule has 1 N–H and O–H groups in total. The second kappa shape index (κ2) is 13.6. The molecule has 0 spiro atoms. The third-order valence-corrected chi connectivity index (χ3v) is 9.09. The number of aryl methyl sites for hydroxylation is 2. The fourth-order valence-electron chi connectivity index (χ4n) is 4.50. The summed E-state index contributed by atoms with van der Waals surface area (Å²) in [7, 11) is -4.10. The minimum absolute atomic E-state index is 0.0522. The first-order valence-electron chi connectivity index (χ1n) is 13.8. The van der Waals surface area contributed by atoms with Crippen molar-refractivity contribution in [3.05, 3.63) is 95.1 Å². The second-order valence-electron chi connectivity index (χ2n) is 10.3. The number of hydrogen-bond acceptors (Lipinski definition) is 4. The molecule has 2 atom stereocenters. The summed E-state index contributed by atoms with van der Waals surface area (Å²) in [5.74, 6) is -0.701. The van der Waals surface area contributed by atoms with Crippen molar-refractivity contribution in [2.45, 2.75) is 77.9 Å². The van der Waals surface area contributed by atoms with Gasteiger partial charge in [-0.15, -0.1) is 0 Å². The number of benzene rings is 3. The van der Waals surface area contributed by atoms with E-state index in [0.717, 1.165) is 28.7 Å². The summed E-state index contributed by atoms with van der Waals surface area (Å²) in [6.45, 7) is 11.1. The number of sulfonamides is 1. The Morgan fingerprint density at radius 1 is 0.850 bits per heavy atom. The minimum Gasteiger partial charge on any atom is -0.352 e. The van der Waals surface area contributed by atoms with E-state index in [1.54, 1.807) is 36.4 Å². The van der Waals surface area contributed by atoms with Crippen LogP contribution in [-0.2, 0) is 26.2 Å². The van der Waals surface area contributed by atoms with Gasteiger partial charge in [0.1, 0.15) is 12.6 Å². The van der Waals surface area contributed by atoms with Crippen LogP contribution in [0.25, 0.3) is 0 Å². The standard InChI is InChI=1S/C32H41N3O4S/c1-7-25(5)33-32(37)29(8-2)34(21-27-14-10-9-11-15-27)31(36)22-35(30-16-12-13-24(4)26(30)6)40(38,39)28-19-17-23(3)18-20-28/h9-20,25,29H,7-8,21-22H2,1-6H3,(H,33,37). The molecule has 0 saturated carbocycles. The molecule has 0 saturated heterocycles. The molecule has 0 fully saturated rings. The Kier molecular flexibility index (Phi) is 10.5. The van der Waals surface area contributed by atoms with Crippen molar-refractivity contribution in [3.8, 4) is 0 Å². The van der Waals surface area contributed by atoms with E-state index in [9.17, 15) is 18.0 Å². The van der Waals surface area contributed by atoms with Gasteiger partial charge in [0.05, 0.1) is 10.6 Å². The molecule has 0 aliphatic carbocycles. The zero-order valence-corrected chi connectivity index (χ0v) is 25.2. The van der Waals surface area contributed by atoms with Gasteiger partial charge in [-0.3, -0.25) is 13.9 Å². The number of anilines is 1. The predicted molar refractivity (Wildman–Crippen MR) is 161 cm³/mol. The molecule has 0 aliphatic heterocycles. The number of carbonyl (C=O) groups is 2. The molecule has 40 heavy (non-hydrogen) atoms. The average Bonchev–Trinajstić information content (AvgIpc) is 2.93. The molecule has 2 amide bonds. The molecule has 0 radical (unpaired) electrons. The van der Waals surface area contributed by atoms with Crippen LogP contribution in [0.1, 0.15) is 55.9 Å². The summed E-state index contributed by atoms with van der Waals surface area (Å²) in [5, 5.41) is 3.00. The summed E-state index contributed by atoms with van der Waals surface area (Å²) in [4.78, 5) is 29.1. The first-order chi connectivity index (χ1) is 19.0. The van der Waals surface area contributed by atoms with Crippen LogP contribution in [0.15, 0.2) is 77.7 Å². The maximum atomic E-state index is 14.2. The van der Waals surface area contributed by atoms with Crippen molar-refractivity contribution in [2.24, 2.45) is 0 Å². The lowest BCUT2D eigenvalue weighted by Gasteiger charge is -2.34. The quantitative estimate of drug-likeness (QED) is 0.314. The van der Waals surface area contributed by atoms with Gasteiger partial charge in [-0.2, -0.15) is 0 Å². The van der Waals surface area contributed by atoms with Gasteiger partial charge in [-0.25, -0.2) is 8.42 Å². The summed E-state index contributed by atoms with van der Waals surface area (Å²) >= 11 is 0. The zero-order valence-electron chi connectivity index (χ0n) is 24.3. The molecule has 0 bridgehead atoms. The highest BCUT2D eigenvalue weighted by molar-refractivity contribution is 7.92. The molecule has 0 aromatic heterocycles. The highest BCUT2D eigenvalue weighted by atomic mass is 32.2. The molecule has 7 nitrogen and oxygen atoms in total. The van der Waals surface area contributed by atoms with Crippen molar-refractivity contribution in [1.82, 2.24) is 10.2 Å². The Hall–Kier alpha value is -3.65. The van der Waals surface area contributed by atoms with E-state index in [0.29, 0.717) is 12.1 Å². The van der Waals surface area contributed by atoms with Crippen LogP contribution in [0.3, 0.4) is 0 Å². The van der Waals surface area contributed by atoms with Gasteiger partial charge in [0.15, 0.2) is 0 Å². The highest BCUT2D eigenvalue weighted by Crippen LogP contribution is 2.29.